The average molecular weight is 275 g/mol. The number of anilines is 2. The molecule has 0 aliphatic rings. The van der Waals surface area contributed by atoms with Crippen LogP contribution in [0.25, 0.3) is 0 Å². The van der Waals surface area contributed by atoms with Crippen molar-refractivity contribution in [3.05, 3.63) is 6.33 Å². The van der Waals surface area contributed by atoms with Crippen molar-refractivity contribution in [3.8, 4) is 5.75 Å². The molecule has 102 valence electrons. The van der Waals surface area contributed by atoms with Crippen LogP contribution in [0.5, 0.6) is 5.75 Å². The molecule has 0 aliphatic heterocycles. The Hall–Kier alpha value is -1.61. The number of methoxy groups -OCH3 is 1. The molecule has 1 rings (SSSR count). The van der Waals surface area contributed by atoms with Gasteiger partial charge in [-0.1, -0.05) is 0 Å². The first-order valence-electron chi connectivity index (χ1n) is 5.29. The van der Waals surface area contributed by atoms with Gasteiger partial charge in [0.15, 0.2) is 11.6 Å². The maximum absolute atomic E-state index is 10.8. The van der Waals surface area contributed by atoms with Gasteiger partial charge in [-0.2, -0.15) is 0 Å². The van der Waals surface area contributed by atoms with Gasteiger partial charge in [-0.15, -0.1) is 0 Å². The van der Waals surface area contributed by atoms with Gasteiger partial charge in [0, 0.05) is 13.6 Å². The van der Waals surface area contributed by atoms with E-state index in [9.17, 15) is 8.42 Å². The topological polar surface area (TPSA) is 119 Å². The van der Waals surface area contributed by atoms with Crippen LogP contribution < -0.4 is 20.5 Å². The van der Waals surface area contributed by atoms with E-state index in [2.05, 4.69) is 20.6 Å². The van der Waals surface area contributed by atoms with Crippen molar-refractivity contribution >= 4 is 21.7 Å². The summed E-state index contributed by atoms with van der Waals surface area (Å²) in [6.07, 6.45) is 1.78. The quantitative estimate of drug-likeness (QED) is 0.580. The van der Waals surface area contributed by atoms with Gasteiger partial charge in [-0.3, -0.25) is 0 Å². The molecule has 0 aromatic carbocycles. The Kier molecular flexibility index (Phi) is 5.10. The minimum atomic E-state index is -3.42. The van der Waals surface area contributed by atoms with Crippen molar-refractivity contribution < 1.29 is 13.2 Å². The van der Waals surface area contributed by atoms with Gasteiger partial charge in [0.1, 0.15) is 6.33 Å². The van der Waals surface area contributed by atoms with Crippen molar-refractivity contribution in [2.45, 2.75) is 6.42 Å². The van der Waals surface area contributed by atoms with Crippen LogP contribution in [0.15, 0.2) is 6.33 Å². The van der Waals surface area contributed by atoms with Crippen LogP contribution in [-0.2, 0) is 10.0 Å². The number of ether oxygens (including phenoxy) is 1. The first kappa shape index (κ1) is 14.5. The molecule has 0 radical (unpaired) electrons. The Bertz CT molecular complexity index is 491. The van der Waals surface area contributed by atoms with E-state index in [1.165, 1.54) is 13.4 Å². The summed E-state index contributed by atoms with van der Waals surface area (Å²) in [6, 6.07) is 0. The molecule has 4 N–H and O–H groups in total. The number of primary sulfonamides is 1. The van der Waals surface area contributed by atoms with Crippen LogP contribution in [0.1, 0.15) is 6.42 Å². The minimum Gasteiger partial charge on any atom is -0.490 e. The number of rotatable bonds is 7. The van der Waals surface area contributed by atoms with Crippen LogP contribution >= 0.6 is 0 Å². The number of nitrogens with one attached hydrogen (secondary N) is 2. The monoisotopic (exact) mass is 275 g/mol. The molecule has 18 heavy (non-hydrogen) atoms. The standard InChI is InChI=1S/C9H17N5O3S/c1-11-8-7(17-2)9(14-6-13-8)12-4-3-5-18(10,15)16/h6H,3-5H2,1-2H3,(H2,10,15,16)(H2,11,12,13,14). The van der Waals surface area contributed by atoms with E-state index in [4.69, 9.17) is 9.88 Å². The Morgan fingerprint density at radius 1 is 1.39 bits per heavy atom. The van der Waals surface area contributed by atoms with E-state index >= 15 is 0 Å². The van der Waals surface area contributed by atoms with Gasteiger partial charge in [-0.25, -0.2) is 23.5 Å². The van der Waals surface area contributed by atoms with Gasteiger partial charge in [-0.05, 0) is 6.42 Å². The lowest BCUT2D eigenvalue weighted by Crippen LogP contribution is -2.19. The second-order valence-electron chi connectivity index (χ2n) is 3.50. The molecule has 0 fully saturated rings. The van der Waals surface area contributed by atoms with Crippen molar-refractivity contribution in [3.63, 3.8) is 0 Å². The van der Waals surface area contributed by atoms with E-state index in [0.29, 0.717) is 30.4 Å². The van der Waals surface area contributed by atoms with Crippen LogP contribution in [-0.4, -0.2) is 44.8 Å². The fourth-order valence-corrected chi connectivity index (χ4v) is 1.90. The summed E-state index contributed by atoms with van der Waals surface area (Å²) in [7, 11) is -0.197. The van der Waals surface area contributed by atoms with E-state index in [1.807, 2.05) is 0 Å². The lowest BCUT2D eigenvalue weighted by Gasteiger charge is -2.12. The van der Waals surface area contributed by atoms with Gasteiger partial charge in [0.2, 0.25) is 15.8 Å². The van der Waals surface area contributed by atoms with Gasteiger partial charge < -0.3 is 15.4 Å². The largest absolute Gasteiger partial charge is 0.490 e. The third-order valence-electron chi connectivity index (χ3n) is 2.14. The third kappa shape index (κ3) is 4.34. The molecular formula is C9H17N5O3S. The zero-order chi connectivity index (χ0) is 13.6. The minimum absolute atomic E-state index is 0.0771. The lowest BCUT2D eigenvalue weighted by atomic mass is 10.4. The second-order valence-corrected chi connectivity index (χ2v) is 5.24. The Labute approximate surface area is 106 Å². The van der Waals surface area contributed by atoms with E-state index in [0.717, 1.165) is 0 Å². The van der Waals surface area contributed by atoms with E-state index in [1.54, 1.807) is 7.05 Å². The van der Waals surface area contributed by atoms with E-state index in [-0.39, 0.29) is 5.75 Å². The molecule has 0 unspecified atom stereocenters. The molecule has 0 spiro atoms. The summed E-state index contributed by atoms with van der Waals surface area (Å²) >= 11 is 0. The molecule has 0 saturated heterocycles. The van der Waals surface area contributed by atoms with Crippen LogP contribution in [0.4, 0.5) is 11.6 Å². The van der Waals surface area contributed by atoms with Crippen molar-refractivity contribution in [1.82, 2.24) is 9.97 Å². The lowest BCUT2D eigenvalue weighted by molar-refractivity contribution is 0.415. The van der Waals surface area contributed by atoms with Crippen molar-refractivity contribution in [2.75, 3.05) is 37.1 Å². The van der Waals surface area contributed by atoms with Gasteiger partial charge in [0.25, 0.3) is 0 Å². The number of sulfonamides is 1. The zero-order valence-electron chi connectivity index (χ0n) is 10.3. The molecule has 1 aromatic heterocycles. The number of aromatic nitrogens is 2. The maximum atomic E-state index is 10.8. The molecule has 0 bridgehead atoms. The number of nitrogens with zero attached hydrogens (tertiary/aromatic N) is 2. The normalized spacial score (nSPS) is 11.1. The molecule has 0 amide bonds. The first-order valence-corrected chi connectivity index (χ1v) is 7.00. The maximum Gasteiger partial charge on any atom is 0.209 e. The van der Waals surface area contributed by atoms with Gasteiger partial charge in [0.05, 0.1) is 12.9 Å². The SMILES string of the molecule is CNc1ncnc(NCCCS(N)(=O)=O)c1OC. The number of hydrogen-bond acceptors (Lipinski definition) is 7. The Morgan fingerprint density at radius 3 is 2.61 bits per heavy atom. The number of nitrogens with two attached hydrogens (primary N) is 1. The summed E-state index contributed by atoms with van der Waals surface area (Å²) in [5.41, 5.74) is 0. The first-order chi connectivity index (χ1) is 8.48. The van der Waals surface area contributed by atoms with Crippen LogP contribution in [0.2, 0.25) is 0 Å². The predicted molar refractivity (Wildman–Crippen MR) is 69.2 cm³/mol. The smallest absolute Gasteiger partial charge is 0.209 e. The van der Waals surface area contributed by atoms with Crippen LogP contribution in [0.3, 0.4) is 0 Å². The summed E-state index contributed by atoms with van der Waals surface area (Å²) in [5.74, 6) is 1.47. The fourth-order valence-electron chi connectivity index (χ4n) is 1.35. The number of hydrogen-bond donors (Lipinski definition) is 3. The highest BCUT2D eigenvalue weighted by atomic mass is 32.2. The predicted octanol–water partition coefficient (Wildman–Crippen LogP) is -0.383. The molecule has 0 atom stereocenters. The molecular weight excluding hydrogens is 258 g/mol. The molecule has 9 heteroatoms. The van der Waals surface area contributed by atoms with Crippen LogP contribution in [0, 0.1) is 0 Å². The van der Waals surface area contributed by atoms with E-state index < -0.39 is 10.0 Å². The fraction of sp³-hybridized carbons (Fsp3) is 0.556. The molecule has 8 nitrogen and oxygen atoms in total. The molecule has 1 aromatic rings. The zero-order valence-corrected chi connectivity index (χ0v) is 11.1. The summed E-state index contributed by atoms with van der Waals surface area (Å²) in [5, 5.41) is 10.7. The highest BCUT2D eigenvalue weighted by Crippen LogP contribution is 2.28. The van der Waals surface area contributed by atoms with Gasteiger partial charge >= 0.3 is 0 Å². The Morgan fingerprint density at radius 2 is 2.06 bits per heavy atom. The highest BCUT2D eigenvalue weighted by molar-refractivity contribution is 7.89. The summed E-state index contributed by atoms with van der Waals surface area (Å²) in [6.45, 7) is 0.424. The van der Waals surface area contributed by atoms with Crippen molar-refractivity contribution in [1.29, 1.82) is 0 Å². The average Bonchev–Trinajstić information content (AvgIpc) is 2.32. The third-order valence-corrected chi connectivity index (χ3v) is 3.00. The summed E-state index contributed by atoms with van der Waals surface area (Å²) in [4.78, 5) is 8.02. The molecule has 1 heterocycles. The second kappa shape index (κ2) is 6.36. The molecule has 0 saturated carbocycles. The molecule has 0 aliphatic carbocycles. The summed E-state index contributed by atoms with van der Waals surface area (Å²) < 4.78 is 26.7. The Balaban J connectivity index is 2.62. The highest BCUT2D eigenvalue weighted by Gasteiger charge is 2.10. The van der Waals surface area contributed by atoms with Crippen molar-refractivity contribution in [2.24, 2.45) is 5.14 Å².